The summed E-state index contributed by atoms with van der Waals surface area (Å²) in [4.78, 5) is 0. The molecule has 0 bridgehead atoms. The minimum atomic E-state index is -0.196. The van der Waals surface area contributed by atoms with Crippen LogP contribution in [-0.2, 0) is 6.42 Å². The van der Waals surface area contributed by atoms with Gasteiger partial charge in [-0.15, -0.1) is 11.6 Å². The van der Waals surface area contributed by atoms with Gasteiger partial charge in [-0.3, -0.25) is 0 Å². The van der Waals surface area contributed by atoms with Gasteiger partial charge >= 0.3 is 0 Å². The fourth-order valence-electron chi connectivity index (χ4n) is 1.72. The van der Waals surface area contributed by atoms with Crippen molar-refractivity contribution in [2.75, 3.05) is 5.88 Å². The molecule has 84 valence electrons. The molecule has 0 nitrogen and oxygen atoms in total. The topological polar surface area (TPSA) is 0 Å². The van der Waals surface area contributed by atoms with E-state index in [0.717, 1.165) is 12.0 Å². The quantitative estimate of drug-likeness (QED) is 0.707. The minimum absolute atomic E-state index is 0.187. The van der Waals surface area contributed by atoms with Crippen LogP contribution in [0.4, 0.5) is 4.39 Å². The number of thiophene rings is 1. The Kier molecular flexibility index (Phi) is 3.97. The van der Waals surface area contributed by atoms with E-state index in [1.54, 1.807) is 23.5 Å². The standard InChI is InChI=1S/C13H12ClFS/c14-8-12(6-10-4-5-16-9-10)11-2-1-3-13(15)7-11/h1-5,7,9,12H,6,8H2. The first-order valence-electron chi connectivity index (χ1n) is 5.12. The Balaban J connectivity index is 2.16. The van der Waals surface area contributed by atoms with Crippen LogP contribution < -0.4 is 0 Å². The van der Waals surface area contributed by atoms with Crippen molar-refractivity contribution in [2.24, 2.45) is 0 Å². The highest BCUT2D eigenvalue weighted by Crippen LogP contribution is 2.24. The van der Waals surface area contributed by atoms with E-state index in [-0.39, 0.29) is 11.7 Å². The number of alkyl halides is 1. The Morgan fingerprint density at radius 2 is 2.19 bits per heavy atom. The van der Waals surface area contributed by atoms with Gasteiger partial charge in [0.25, 0.3) is 0 Å². The van der Waals surface area contributed by atoms with Gasteiger partial charge in [-0.1, -0.05) is 12.1 Å². The number of hydrogen-bond acceptors (Lipinski definition) is 1. The number of benzene rings is 1. The van der Waals surface area contributed by atoms with Crippen LogP contribution in [0.3, 0.4) is 0 Å². The molecular formula is C13H12ClFS. The fraction of sp³-hybridized carbons (Fsp3) is 0.231. The van der Waals surface area contributed by atoms with E-state index < -0.39 is 0 Å². The molecule has 0 spiro atoms. The molecule has 1 aromatic heterocycles. The van der Waals surface area contributed by atoms with Gasteiger partial charge in [-0.25, -0.2) is 4.39 Å². The second kappa shape index (κ2) is 5.46. The van der Waals surface area contributed by atoms with E-state index in [2.05, 4.69) is 11.4 Å². The highest BCUT2D eigenvalue weighted by atomic mass is 35.5. The van der Waals surface area contributed by atoms with E-state index in [0.29, 0.717) is 5.88 Å². The molecule has 16 heavy (non-hydrogen) atoms. The number of rotatable bonds is 4. The normalized spacial score (nSPS) is 12.6. The van der Waals surface area contributed by atoms with Crippen molar-refractivity contribution < 1.29 is 4.39 Å². The molecule has 1 aromatic carbocycles. The predicted octanol–water partition coefficient (Wildman–Crippen LogP) is 4.45. The zero-order valence-electron chi connectivity index (χ0n) is 8.70. The molecule has 0 amide bonds. The molecular weight excluding hydrogens is 243 g/mol. The lowest BCUT2D eigenvalue weighted by Gasteiger charge is -2.13. The van der Waals surface area contributed by atoms with Gasteiger partial charge in [-0.05, 0) is 46.5 Å². The summed E-state index contributed by atoms with van der Waals surface area (Å²) in [5, 5.41) is 4.16. The van der Waals surface area contributed by atoms with Crippen LogP contribution in [-0.4, -0.2) is 5.88 Å². The fourth-order valence-corrected chi connectivity index (χ4v) is 2.68. The van der Waals surface area contributed by atoms with Gasteiger partial charge in [0.1, 0.15) is 5.82 Å². The van der Waals surface area contributed by atoms with Gasteiger partial charge in [0.05, 0.1) is 0 Å². The molecule has 0 fully saturated rings. The van der Waals surface area contributed by atoms with Crippen molar-refractivity contribution in [3.8, 4) is 0 Å². The van der Waals surface area contributed by atoms with Crippen LogP contribution in [0.15, 0.2) is 41.1 Å². The average molecular weight is 255 g/mol. The van der Waals surface area contributed by atoms with Crippen LogP contribution in [0.1, 0.15) is 17.0 Å². The first-order chi connectivity index (χ1) is 7.79. The van der Waals surface area contributed by atoms with Gasteiger partial charge in [0.15, 0.2) is 0 Å². The molecule has 0 aliphatic carbocycles. The second-order valence-corrected chi connectivity index (χ2v) is 4.83. The molecule has 1 heterocycles. The van der Waals surface area contributed by atoms with Crippen molar-refractivity contribution in [3.05, 3.63) is 58.0 Å². The predicted molar refractivity (Wildman–Crippen MR) is 67.9 cm³/mol. The van der Waals surface area contributed by atoms with E-state index in [9.17, 15) is 4.39 Å². The summed E-state index contributed by atoms with van der Waals surface area (Å²) < 4.78 is 13.1. The summed E-state index contributed by atoms with van der Waals surface area (Å²) in [7, 11) is 0. The Labute approximate surface area is 104 Å². The van der Waals surface area contributed by atoms with Crippen LogP contribution >= 0.6 is 22.9 Å². The smallest absolute Gasteiger partial charge is 0.123 e. The van der Waals surface area contributed by atoms with Gasteiger partial charge < -0.3 is 0 Å². The van der Waals surface area contributed by atoms with Crippen molar-refractivity contribution in [1.29, 1.82) is 0 Å². The molecule has 3 heteroatoms. The van der Waals surface area contributed by atoms with E-state index in [1.807, 2.05) is 11.4 Å². The highest BCUT2D eigenvalue weighted by molar-refractivity contribution is 7.07. The second-order valence-electron chi connectivity index (χ2n) is 3.74. The van der Waals surface area contributed by atoms with Crippen LogP contribution in [0.2, 0.25) is 0 Å². The lowest BCUT2D eigenvalue weighted by Crippen LogP contribution is -2.04. The van der Waals surface area contributed by atoms with Crippen LogP contribution in [0.25, 0.3) is 0 Å². The van der Waals surface area contributed by atoms with E-state index in [4.69, 9.17) is 11.6 Å². The maximum absolute atomic E-state index is 13.1. The summed E-state index contributed by atoms with van der Waals surface area (Å²) in [5.41, 5.74) is 2.24. The largest absolute Gasteiger partial charge is 0.207 e. The first kappa shape index (κ1) is 11.6. The third-order valence-corrected chi connectivity index (χ3v) is 3.67. The summed E-state index contributed by atoms with van der Waals surface area (Å²) in [5.74, 6) is 0.504. The summed E-state index contributed by atoms with van der Waals surface area (Å²) >= 11 is 7.63. The molecule has 2 aromatic rings. The Bertz CT molecular complexity index is 439. The summed E-state index contributed by atoms with van der Waals surface area (Å²) in [6.07, 6.45) is 0.871. The average Bonchev–Trinajstić information content (AvgIpc) is 2.78. The van der Waals surface area contributed by atoms with Gasteiger partial charge in [0, 0.05) is 11.8 Å². The molecule has 2 rings (SSSR count). The molecule has 1 atom stereocenters. The first-order valence-corrected chi connectivity index (χ1v) is 6.60. The van der Waals surface area contributed by atoms with Crippen LogP contribution in [0, 0.1) is 5.82 Å². The maximum atomic E-state index is 13.1. The van der Waals surface area contributed by atoms with E-state index in [1.165, 1.54) is 11.6 Å². The molecule has 0 aliphatic heterocycles. The molecule has 0 saturated heterocycles. The monoisotopic (exact) mass is 254 g/mol. The molecule has 0 N–H and O–H groups in total. The maximum Gasteiger partial charge on any atom is 0.123 e. The lowest BCUT2D eigenvalue weighted by molar-refractivity contribution is 0.621. The van der Waals surface area contributed by atoms with Crippen LogP contribution in [0.5, 0.6) is 0 Å². The van der Waals surface area contributed by atoms with Gasteiger partial charge in [-0.2, -0.15) is 11.3 Å². The third kappa shape index (κ3) is 2.83. The van der Waals surface area contributed by atoms with Crippen molar-refractivity contribution in [1.82, 2.24) is 0 Å². The highest BCUT2D eigenvalue weighted by Gasteiger charge is 2.12. The zero-order valence-corrected chi connectivity index (χ0v) is 10.3. The molecule has 0 radical (unpaired) electrons. The Hall–Kier alpha value is -0.860. The molecule has 0 aliphatic rings. The third-order valence-electron chi connectivity index (χ3n) is 2.57. The SMILES string of the molecule is Fc1cccc(C(CCl)Cc2ccsc2)c1. The van der Waals surface area contributed by atoms with Crippen molar-refractivity contribution >= 4 is 22.9 Å². The number of hydrogen-bond donors (Lipinski definition) is 0. The van der Waals surface area contributed by atoms with Crippen molar-refractivity contribution in [2.45, 2.75) is 12.3 Å². The molecule has 1 unspecified atom stereocenters. The van der Waals surface area contributed by atoms with E-state index >= 15 is 0 Å². The summed E-state index contributed by atoms with van der Waals surface area (Å²) in [6, 6.07) is 8.78. The lowest BCUT2D eigenvalue weighted by atomic mass is 9.95. The van der Waals surface area contributed by atoms with Gasteiger partial charge in [0.2, 0.25) is 0 Å². The minimum Gasteiger partial charge on any atom is -0.207 e. The Morgan fingerprint density at radius 3 is 2.81 bits per heavy atom. The zero-order chi connectivity index (χ0) is 11.4. The van der Waals surface area contributed by atoms with Crippen molar-refractivity contribution in [3.63, 3.8) is 0 Å². The summed E-state index contributed by atoms with van der Waals surface area (Å²) in [6.45, 7) is 0. The number of halogens is 2. The Morgan fingerprint density at radius 1 is 1.31 bits per heavy atom. The molecule has 0 saturated carbocycles.